The lowest BCUT2D eigenvalue weighted by atomic mass is 10.1. The van der Waals surface area contributed by atoms with Crippen molar-refractivity contribution in [3.63, 3.8) is 0 Å². The molecule has 0 heterocycles. The van der Waals surface area contributed by atoms with Crippen LogP contribution in [0.15, 0.2) is 24.3 Å². The summed E-state index contributed by atoms with van der Waals surface area (Å²) in [7, 11) is 1.78. The first kappa shape index (κ1) is 11.7. The summed E-state index contributed by atoms with van der Waals surface area (Å²) in [6.07, 6.45) is 2.00. The second-order valence-electron chi connectivity index (χ2n) is 3.64. The average Bonchev–Trinajstić information content (AvgIpc) is 2.26. The van der Waals surface area contributed by atoms with Crippen LogP contribution in [-0.4, -0.2) is 19.5 Å². The maximum Gasteiger partial charge on any atom is 0.223 e. The number of aryl methyl sites for hydroxylation is 1. The monoisotopic (exact) mass is 206 g/mol. The first-order valence-electron chi connectivity index (χ1n) is 5.18. The number of benzene rings is 1. The molecule has 0 saturated carbocycles. The molecule has 1 rings (SSSR count). The Morgan fingerprint density at radius 2 is 1.93 bits per heavy atom. The molecule has 0 unspecified atom stereocenters. The Hall–Kier alpha value is -1.35. The first-order valence-corrected chi connectivity index (χ1v) is 5.18. The van der Waals surface area contributed by atoms with Crippen LogP contribution < -0.4 is 10.6 Å². The van der Waals surface area contributed by atoms with Gasteiger partial charge >= 0.3 is 0 Å². The number of nitrogens with zero attached hydrogens (tertiary/aromatic N) is 1. The van der Waals surface area contributed by atoms with E-state index in [1.807, 2.05) is 24.3 Å². The van der Waals surface area contributed by atoms with Crippen LogP contribution in [-0.2, 0) is 11.2 Å². The molecule has 0 bridgehead atoms. The predicted octanol–water partition coefficient (Wildman–Crippen LogP) is 1.56. The van der Waals surface area contributed by atoms with E-state index < -0.39 is 0 Å². The molecule has 0 aliphatic heterocycles. The van der Waals surface area contributed by atoms with Crippen molar-refractivity contribution in [1.29, 1.82) is 0 Å². The van der Waals surface area contributed by atoms with Gasteiger partial charge in [-0.1, -0.05) is 12.1 Å². The number of hydrogen-bond donors (Lipinski definition) is 1. The van der Waals surface area contributed by atoms with Crippen molar-refractivity contribution in [2.45, 2.75) is 19.8 Å². The third-order valence-electron chi connectivity index (χ3n) is 2.47. The number of rotatable bonds is 4. The molecule has 82 valence electrons. The van der Waals surface area contributed by atoms with Gasteiger partial charge in [-0.3, -0.25) is 4.79 Å². The van der Waals surface area contributed by atoms with E-state index in [0.29, 0.717) is 0 Å². The predicted molar refractivity (Wildman–Crippen MR) is 62.9 cm³/mol. The van der Waals surface area contributed by atoms with E-state index in [-0.39, 0.29) is 5.91 Å². The molecule has 1 amide bonds. The molecule has 2 N–H and O–H groups in total. The van der Waals surface area contributed by atoms with Crippen LogP contribution in [0.1, 0.15) is 18.9 Å². The Morgan fingerprint density at radius 3 is 2.40 bits per heavy atom. The molecule has 0 saturated heterocycles. The molecule has 15 heavy (non-hydrogen) atoms. The van der Waals surface area contributed by atoms with E-state index in [4.69, 9.17) is 5.73 Å². The lowest BCUT2D eigenvalue weighted by Crippen LogP contribution is -2.22. The molecule has 0 aromatic heterocycles. The summed E-state index contributed by atoms with van der Waals surface area (Å²) in [5.74, 6) is 0.0460. The van der Waals surface area contributed by atoms with Gasteiger partial charge in [0, 0.05) is 19.7 Å². The van der Waals surface area contributed by atoms with Gasteiger partial charge in [-0.2, -0.15) is 0 Å². The van der Waals surface area contributed by atoms with Gasteiger partial charge in [0.15, 0.2) is 0 Å². The highest BCUT2D eigenvalue weighted by Gasteiger charge is 2.04. The summed E-state index contributed by atoms with van der Waals surface area (Å²) >= 11 is 0. The van der Waals surface area contributed by atoms with Crippen molar-refractivity contribution in [1.82, 2.24) is 0 Å². The smallest absolute Gasteiger partial charge is 0.223 e. The second-order valence-corrected chi connectivity index (χ2v) is 3.64. The Bertz CT molecular complexity index is 319. The van der Waals surface area contributed by atoms with Crippen LogP contribution in [0.25, 0.3) is 0 Å². The fourth-order valence-corrected chi connectivity index (χ4v) is 1.37. The summed E-state index contributed by atoms with van der Waals surface area (Å²) in [6, 6.07) is 8.02. The van der Waals surface area contributed by atoms with Crippen LogP contribution in [0.4, 0.5) is 5.69 Å². The molecule has 3 nitrogen and oxygen atoms in total. The maximum atomic E-state index is 11.1. The van der Waals surface area contributed by atoms with Gasteiger partial charge in [-0.05, 0) is 37.1 Å². The van der Waals surface area contributed by atoms with E-state index in [9.17, 15) is 4.79 Å². The topological polar surface area (TPSA) is 46.3 Å². The minimum Gasteiger partial charge on any atom is -0.330 e. The number of carbonyl (C=O) groups is 1. The number of carbonyl (C=O) groups excluding carboxylic acids is 1. The summed E-state index contributed by atoms with van der Waals surface area (Å²) < 4.78 is 0. The Kier molecular flexibility index (Phi) is 4.31. The highest BCUT2D eigenvalue weighted by Crippen LogP contribution is 2.14. The summed E-state index contributed by atoms with van der Waals surface area (Å²) in [4.78, 5) is 12.7. The normalized spacial score (nSPS) is 10.1. The summed E-state index contributed by atoms with van der Waals surface area (Å²) in [6.45, 7) is 2.28. The molecule has 0 aliphatic carbocycles. The van der Waals surface area contributed by atoms with Gasteiger partial charge in [0.2, 0.25) is 5.91 Å². The van der Waals surface area contributed by atoms with Gasteiger partial charge in [0.05, 0.1) is 0 Å². The zero-order valence-corrected chi connectivity index (χ0v) is 9.36. The molecule has 0 spiro atoms. The Balaban J connectivity index is 2.67. The summed E-state index contributed by atoms with van der Waals surface area (Å²) in [5, 5.41) is 0. The number of amides is 1. The lowest BCUT2D eigenvalue weighted by Gasteiger charge is -2.15. The number of nitrogens with two attached hydrogens (primary N) is 1. The van der Waals surface area contributed by atoms with Gasteiger partial charge in [0.1, 0.15) is 0 Å². The molecule has 3 heteroatoms. The van der Waals surface area contributed by atoms with Crippen molar-refractivity contribution >= 4 is 11.6 Å². The largest absolute Gasteiger partial charge is 0.330 e. The first-order chi connectivity index (χ1) is 7.15. The van der Waals surface area contributed by atoms with Gasteiger partial charge in [-0.25, -0.2) is 0 Å². The van der Waals surface area contributed by atoms with E-state index in [1.165, 1.54) is 5.56 Å². The van der Waals surface area contributed by atoms with Crippen molar-refractivity contribution < 1.29 is 4.79 Å². The molecule has 0 aliphatic rings. The third-order valence-corrected chi connectivity index (χ3v) is 2.47. The molecule has 1 aromatic rings. The number of hydrogen-bond acceptors (Lipinski definition) is 2. The summed E-state index contributed by atoms with van der Waals surface area (Å²) in [5.41, 5.74) is 7.64. The molecule has 0 atom stereocenters. The van der Waals surface area contributed by atoms with E-state index in [2.05, 4.69) is 0 Å². The minimum absolute atomic E-state index is 0.0460. The maximum absolute atomic E-state index is 11.1. The van der Waals surface area contributed by atoms with Gasteiger partial charge in [-0.15, -0.1) is 0 Å². The van der Waals surface area contributed by atoms with Crippen molar-refractivity contribution in [3.05, 3.63) is 29.8 Å². The van der Waals surface area contributed by atoms with Crippen LogP contribution >= 0.6 is 0 Å². The van der Waals surface area contributed by atoms with Crippen LogP contribution in [0.3, 0.4) is 0 Å². The zero-order valence-electron chi connectivity index (χ0n) is 9.36. The fourth-order valence-electron chi connectivity index (χ4n) is 1.37. The standard InChI is InChI=1S/C12H18N2O/c1-10(15)14(2)12-7-5-11(6-8-12)4-3-9-13/h5-8H,3-4,9,13H2,1-2H3. The molecular weight excluding hydrogens is 188 g/mol. The van der Waals surface area contributed by atoms with Crippen molar-refractivity contribution in [2.24, 2.45) is 5.73 Å². The average molecular weight is 206 g/mol. The fraction of sp³-hybridized carbons (Fsp3) is 0.417. The highest BCUT2D eigenvalue weighted by molar-refractivity contribution is 5.90. The molecule has 0 radical (unpaired) electrons. The number of anilines is 1. The van der Waals surface area contributed by atoms with Crippen LogP contribution in [0.2, 0.25) is 0 Å². The van der Waals surface area contributed by atoms with Crippen molar-refractivity contribution in [3.8, 4) is 0 Å². The van der Waals surface area contributed by atoms with E-state index in [0.717, 1.165) is 25.1 Å². The lowest BCUT2D eigenvalue weighted by molar-refractivity contribution is -0.116. The quantitative estimate of drug-likeness (QED) is 0.812. The van der Waals surface area contributed by atoms with Crippen LogP contribution in [0.5, 0.6) is 0 Å². The van der Waals surface area contributed by atoms with E-state index >= 15 is 0 Å². The highest BCUT2D eigenvalue weighted by atomic mass is 16.2. The molecular formula is C12H18N2O. The van der Waals surface area contributed by atoms with Gasteiger partial charge in [0.25, 0.3) is 0 Å². The minimum atomic E-state index is 0.0460. The van der Waals surface area contributed by atoms with E-state index in [1.54, 1.807) is 18.9 Å². The Morgan fingerprint density at radius 1 is 1.33 bits per heavy atom. The third kappa shape index (κ3) is 3.36. The van der Waals surface area contributed by atoms with Gasteiger partial charge < -0.3 is 10.6 Å². The van der Waals surface area contributed by atoms with Crippen LogP contribution in [0, 0.1) is 0 Å². The Labute approximate surface area is 90.9 Å². The molecule has 0 fully saturated rings. The SMILES string of the molecule is CC(=O)N(C)c1ccc(CCCN)cc1. The second kappa shape index (κ2) is 5.51. The molecule has 1 aromatic carbocycles. The zero-order chi connectivity index (χ0) is 11.3. The van der Waals surface area contributed by atoms with Crippen molar-refractivity contribution in [2.75, 3.05) is 18.5 Å².